The average molecular weight is 336 g/mol. The molecule has 3 aliphatic rings. The summed E-state index contributed by atoms with van der Waals surface area (Å²) in [6.07, 6.45) is 6.55. The lowest BCUT2D eigenvalue weighted by atomic mass is 9.82. The molecule has 0 aromatic carbocycles. The quantitative estimate of drug-likeness (QED) is 0.619. The van der Waals surface area contributed by atoms with E-state index in [4.69, 9.17) is 4.74 Å². The van der Waals surface area contributed by atoms with Gasteiger partial charge in [0, 0.05) is 46.3 Å². The molecule has 6 nitrogen and oxygen atoms in total. The number of carbonyl (C=O) groups is 1. The Bertz CT molecular complexity index is 446. The Hall–Kier alpha value is -1.30. The fraction of sp³-hybridized carbons (Fsp3) is 0.889. The Morgan fingerprint density at radius 3 is 2.50 bits per heavy atom. The normalized spacial score (nSPS) is 30.3. The summed E-state index contributed by atoms with van der Waals surface area (Å²) in [6, 6.07) is 0. The Balaban J connectivity index is 1.61. The van der Waals surface area contributed by atoms with Gasteiger partial charge in [0.1, 0.15) is 6.54 Å². The van der Waals surface area contributed by atoms with Crippen LogP contribution in [0.1, 0.15) is 32.1 Å². The van der Waals surface area contributed by atoms with Crippen LogP contribution in [0.4, 0.5) is 0 Å². The molecular weight excluding hydrogens is 304 g/mol. The second-order valence-electron chi connectivity index (χ2n) is 7.75. The number of ether oxygens (including phenoxy) is 1. The molecule has 3 atom stereocenters. The van der Waals surface area contributed by atoms with Crippen LogP contribution in [0, 0.1) is 17.8 Å². The van der Waals surface area contributed by atoms with Crippen molar-refractivity contribution in [3.05, 3.63) is 0 Å². The van der Waals surface area contributed by atoms with Crippen LogP contribution in [-0.2, 0) is 9.53 Å². The molecule has 0 spiro atoms. The number of nitrogens with zero attached hydrogens (tertiary/aromatic N) is 3. The van der Waals surface area contributed by atoms with Gasteiger partial charge in [0.05, 0.1) is 6.61 Å². The number of likely N-dealkylation sites (tertiary alicyclic amines) is 1. The van der Waals surface area contributed by atoms with Crippen molar-refractivity contribution in [2.24, 2.45) is 22.7 Å². The highest BCUT2D eigenvalue weighted by Crippen LogP contribution is 2.36. The van der Waals surface area contributed by atoms with Crippen molar-refractivity contribution in [3.8, 4) is 0 Å². The van der Waals surface area contributed by atoms with Gasteiger partial charge in [-0.2, -0.15) is 0 Å². The van der Waals surface area contributed by atoms with Gasteiger partial charge in [-0.3, -0.25) is 4.79 Å². The predicted molar refractivity (Wildman–Crippen MR) is 94.9 cm³/mol. The van der Waals surface area contributed by atoms with Gasteiger partial charge < -0.3 is 19.9 Å². The van der Waals surface area contributed by atoms with Crippen molar-refractivity contribution in [2.75, 3.05) is 53.5 Å². The summed E-state index contributed by atoms with van der Waals surface area (Å²) in [5, 5.41) is 3.53. The third-order valence-corrected chi connectivity index (χ3v) is 5.71. The van der Waals surface area contributed by atoms with E-state index >= 15 is 0 Å². The maximum atomic E-state index is 11.9. The summed E-state index contributed by atoms with van der Waals surface area (Å²) in [4.78, 5) is 20.6. The molecule has 0 aromatic heterocycles. The number of likely N-dealkylation sites (N-methyl/N-ethyl adjacent to an activating group) is 1. The van der Waals surface area contributed by atoms with Crippen LogP contribution >= 0.6 is 0 Å². The molecule has 1 aliphatic carbocycles. The molecule has 6 heteroatoms. The lowest BCUT2D eigenvalue weighted by Crippen LogP contribution is -2.43. The SMILES string of the molecule is CN(C)C(=O)CN=C(NCC1CCOC1)N1CC2CCCCC2C1. The number of aliphatic imine (C=N–C) groups is 1. The molecule has 0 bridgehead atoms. The summed E-state index contributed by atoms with van der Waals surface area (Å²) in [6.45, 7) is 5.00. The second kappa shape index (κ2) is 8.19. The van der Waals surface area contributed by atoms with Gasteiger partial charge in [0.2, 0.25) is 5.91 Å². The van der Waals surface area contributed by atoms with Crippen molar-refractivity contribution < 1.29 is 9.53 Å². The zero-order chi connectivity index (χ0) is 16.9. The lowest BCUT2D eigenvalue weighted by Gasteiger charge is -2.23. The number of hydrogen-bond acceptors (Lipinski definition) is 3. The van der Waals surface area contributed by atoms with E-state index in [0.717, 1.165) is 57.1 Å². The molecule has 2 heterocycles. The van der Waals surface area contributed by atoms with E-state index in [9.17, 15) is 4.79 Å². The van der Waals surface area contributed by atoms with Crippen molar-refractivity contribution in [1.29, 1.82) is 0 Å². The first-order valence-corrected chi connectivity index (χ1v) is 9.44. The van der Waals surface area contributed by atoms with Crippen LogP contribution in [-0.4, -0.2) is 75.2 Å². The molecule has 2 saturated heterocycles. The van der Waals surface area contributed by atoms with Gasteiger partial charge in [0.25, 0.3) is 0 Å². The molecule has 3 fully saturated rings. The minimum Gasteiger partial charge on any atom is -0.381 e. The molecule has 1 N–H and O–H groups in total. The van der Waals surface area contributed by atoms with Crippen LogP contribution in [0.3, 0.4) is 0 Å². The van der Waals surface area contributed by atoms with E-state index in [1.54, 1.807) is 19.0 Å². The van der Waals surface area contributed by atoms with Gasteiger partial charge in [-0.05, 0) is 31.1 Å². The monoisotopic (exact) mass is 336 g/mol. The highest BCUT2D eigenvalue weighted by Gasteiger charge is 2.35. The molecule has 1 saturated carbocycles. The smallest absolute Gasteiger partial charge is 0.243 e. The van der Waals surface area contributed by atoms with Crippen molar-refractivity contribution in [2.45, 2.75) is 32.1 Å². The fourth-order valence-electron chi connectivity index (χ4n) is 4.11. The number of fused-ring (bicyclic) bond motifs is 1. The van der Waals surface area contributed by atoms with Gasteiger partial charge in [-0.15, -0.1) is 0 Å². The Morgan fingerprint density at radius 1 is 1.21 bits per heavy atom. The summed E-state index contributed by atoms with van der Waals surface area (Å²) in [7, 11) is 3.57. The van der Waals surface area contributed by atoms with E-state index in [1.165, 1.54) is 25.7 Å². The highest BCUT2D eigenvalue weighted by atomic mass is 16.5. The van der Waals surface area contributed by atoms with Crippen molar-refractivity contribution in [1.82, 2.24) is 15.1 Å². The third kappa shape index (κ3) is 4.41. The summed E-state index contributed by atoms with van der Waals surface area (Å²) >= 11 is 0. The topological polar surface area (TPSA) is 57.2 Å². The first-order chi connectivity index (χ1) is 11.6. The minimum atomic E-state index is 0.0510. The maximum Gasteiger partial charge on any atom is 0.243 e. The molecule has 24 heavy (non-hydrogen) atoms. The Kier molecular flexibility index (Phi) is 5.98. The summed E-state index contributed by atoms with van der Waals surface area (Å²) in [5.41, 5.74) is 0. The van der Waals surface area contributed by atoms with Crippen LogP contribution in [0.5, 0.6) is 0 Å². The van der Waals surface area contributed by atoms with Gasteiger partial charge in [0.15, 0.2) is 5.96 Å². The predicted octanol–water partition coefficient (Wildman–Crippen LogP) is 1.18. The number of carbonyl (C=O) groups excluding carboxylic acids is 1. The van der Waals surface area contributed by atoms with Crippen LogP contribution < -0.4 is 5.32 Å². The lowest BCUT2D eigenvalue weighted by molar-refractivity contribution is -0.127. The number of hydrogen-bond donors (Lipinski definition) is 1. The second-order valence-corrected chi connectivity index (χ2v) is 7.75. The molecule has 0 aromatic rings. The highest BCUT2D eigenvalue weighted by molar-refractivity contribution is 5.85. The van der Waals surface area contributed by atoms with Crippen molar-refractivity contribution >= 4 is 11.9 Å². The van der Waals surface area contributed by atoms with E-state index in [-0.39, 0.29) is 12.5 Å². The molecule has 1 amide bonds. The molecule has 2 aliphatic heterocycles. The summed E-state index contributed by atoms with van der Waals surface area (Å²) in [5.74, 6) is 3.15. The third-order valence-electron chi connectivity index (χ3n) is 5.71. The Labute approximate surface area is 145 Å². The zero-order valence-corrected chi connectivity index (χ0v) is 15.2. The van der Waals surface area contributed by atoms with Crippen LogP contribution in [0.2, 0.25) is 0 Å². The Morgan fingerprint density at radius 2 is 1.92 bits per heavy atom. The number of nitrogens with one attached hydrogen (secondary N) is 1. The first kappa shape index (κ1) is 17.5. The van der Waals surface area contributed by atoms with Crippen molar-refractivity contribution in [3.63, 3.8) is 0 Å². The van der Waals surface area contributed by atoms with Gasteiger partial charge in [-0.25, -0.2) is 4.99 Å². The van der Waals surface area contributed by atoms with Gasteiger partial charge in [-0.1, -0.05) is 12.8 Å². The van der Waals surface area contributed by atoms with E-state index in [1.807, 2.05) is 0 Å². The standard InChI is InChI=1S/C18H32N4O2/c1-21(2)17(23)10-20-18(19-9-14-7-8-24-13-14)22-11-15-5-3-4-6-16(15)12-22/h14-16H,3-13H2,1-2H3,(H,19,20). The number of rotatable bonds is 4. The van der Waals surface area contributed by atoms with Crippen LogP contribution in [0.15, 0.2) is 4.99 Å². The van der Waals surface area contributed by atoms with E-state index in [0.29, 0.717) is 5.92 Å². The molecule has 3 rings (SSSR count). The minimum absolute atomic E-state index is 0.0510. The fourth-order valence-corrected chi connectivity index (χ4v) is 4.11. The van der Waals surface area contributed by atoms with E-state index in [2.05, 4.69) is 15.2 Å². The van der Waals surface area contributed by atoms with E-state index < -0.39 is 0 Å². The van der Waals surface area contributed by atoms with Crippen LogP contribution in [0.25, 0.3) is 0 Å². The molecule has 0 radical (unpaired) electrons. The van der Waals surface area contributed by atoms with Gasteiger partial charge >= 0.3 is 0 Å². The number of guanidine groups is 1. The molecular formula is C18H32N4O2. The summed E-state index contributed by atoms with van der Waals surface area (Å²) < 4.78 is 5.47. The first-order valence-electron chi connectivity index (χ1n) is 9.44. The maximum absolute atomic E-state index is 11.9. The number of amides is 1. The largest absolute Gasteiger partial charge is 0.381 e. The average Bonchev–Trinajstić information content (AvgIpc) is 3.23. The molecule has 3 unspecified atom stereocenters. The molecule has 136 valence electrons. The zero-order valence-electron chi connectivity index (χ0n) is 15.2.